The van der Waals surface area contributed by atoms with Crippen LogP contribution in [0, 0.1) is 0 Å². The van der Waals surface area contributed by atoms with Crippen LogP contribution in [0.25, 0.3) is 0 Å². The number of aromatic carboxylic acids is 1. The number of carboxylic acids is 1. The van der Waals surface area contributed by atoms with Crippen LogP contribution in [0.2, 0.25) is 0 Å². The molecule has 1 heterocycles. The second-order valence-corrected chi connectivity index (χ2v) is 7.94. The van der Waals surface area contributed by atoms with Crippen LogP contribution in [-0.4, -0.2) is 53.1 Å². The van der Waals surface area contributed by atoms with E-state index in [2.05, 4.69) is 27.7 Å². The molecule has 2 aromatic rings. The molecule has 1 aliphatic heterocycles. The van der Waals surface area contributed by atoms with E-state index in [1.807, 2.05) is 23.9 Å². The van der Waals surface area contributed by atoms with E-state index >= 15 is 0 Å². The molecule has 1 saturated heterocycles. The number of carboxylic acid groups (broad SMARTS) is 1. The van der Waals surface area contributed by atoms with Crippen molar-refractivity contribution in [3.63, 3.8) is 0 Å². The van der Waals surface area contributed by atoms with Crippen molar-refractivity contribution >= 4 is 29.4 Å². The van der Waals surface area contributed by atoms with E-state index in [4.69, 9.17) is 5.11 Å². The van der Waals surface area contributed by atoms with Crippen molar-refractivity contribution in [2.45, 2.75) is 13.0 Å². The first kappa shape index (κ1) is 20.2. The quantitative estimate of drug-likeness (QED) is 0.666. The topological polar surface area (TPSA) is 81.7 Å². The third-order valence-electron chi connectivity index (χ3n) is 4.69. The first-order valence-electron chi connectivity index (χ1n) is 9.36. The summed E-state index contributed by atoms with van der Waals surface area (Å²) in [6, 6.07) is 14.1. The second-order valence-electron chi connectivity index (χ2n) is 6.71. The van der Waals surface area contributed by atoms with Crippen LogP contribution >= 0.6 is 11.8 Å². The minimum absolute atomic E-state index is 0.229. The molecule has 7 heteroatoms. The summed E-state index contributed by atoms with van der Waals surface area (Å²) in [5.41, 5.74) is 3.08. The molecular formula is C21H25N3O3S. The van der Waals surface area contributed by atoms with E-state index in [9.17, 15) is 9.59 Å². The Kier molecular flexibility index (Phi) is 7.33. The highest BCUT2D eigenvalue weighted by molar-refractivity contribution is 7.99. The van der Waals surface area contributed by atoms with Crippen molar-refractivity contribution in [3.8, 4) is 0 Å². The lowest BCUT2D eigenvalue weighted by atomic mass is 10.1. The average Bonchev–Trinajstić information content (AvgIpc) is 2.73. The van der Waals surface area contributed by atoms with E-state index < -0.39 is 5.97 Å². The molecule has 3 rings (SSSR count). The minimum atomic E-state index is -0.962. The van der Waals surface area contributed by atoms with Crippen molar-refractivity contribution < 1.29 is 14.7 Å². The van der Waals surface area contributed by atoms with Crippen LogP contribution in [-0.2, 0) is 13.0 Å². The lowest BCUT2D eigenvalue weighted by molar-refractivity contribution is 0.0697. The number of carbonyl (C=O) groups excluding carboxylic acids is 1. The van der Waals surface area contributed by atoms with Gasteiger partial charge < -0.3 is 20.6 Å². The molecular weight excluding hydrogens is 374 g/mol. The number of nitrogens with one attached hydrogen (secondary N) is 2. The summed E-state index contributed by atoms with van der Waals surface area (Å²) in [6.45, 7) is 3.75. The number of amides is 2. The highest BCUT2D eigenvalue weighted by atomic mass is 32.2. The summed E-state index contributed by atoms with van der Waals surface area (Å²) >= 11 is 2.02. The Morgan fingerprint density at radius 1 is 0.964 bits per heavy atom. The van der Waals surface area contributed by atoms with Gasteiger partial charge >= 0.3 is 12.0 Å². The lowest BCUT2D eigenvalue weighted by Gasteiger charge is -2.26. The number of rotatable bonds is 7. The average molecular weight is 400 g/mol. The Morgan fingerprint density at radius 3 is 2.25 bits per heavy atom. The summed E-state index contributed by atoms with van der Waals surface area (Å²) in [7, 11) is 0. The van der Waals surface area contributed by atoms with Crippen LogP contribution in [0.4, 0.5) is 10.5 Å². The maximum atomic E-state index is 12.1. The Morgan fingerprint density at radius 2 is 1.61 bits per heavy atom. The van der Waals surface area contributed by atoms with Crippen LogP contribution in [0.5, 0.6) is 0 Å². The number of thioether (sulfide) groups is 1. The van der Waals surface area contributed by atoms with Gasteiger partial charge in [-0.25, -0.2) is 9.59 Å². The largest absolute Gasteiger partial charge is 0.478 e. The van der Waals surface area contributed by atoms with Gasteiger partial charge in [-0.2, -0.15) is 11.8 Å². The summed E-state index contributed by atoms with van der Waals surface area (Å²) in [5.74, 6) is 1.49. The van der Waals surface area contributed by atoms with Gasteiger partial charge in [0.25, 0.3) is 0 Å². The third kappa shape index (κ3) is 6.28. The maximum absolute atomic E-state index is 12.1. The Bertz CT molecular complexity index is 788. The van der Waals surface area contributed by atoms with Crippen LogP contribution in [0.3, 0.4) is 0 Å². The summed E-state index contributed by atoms with van der Waals surface area (Å²) in [5, 5.41) is 14.5. The zero-order chi connectivity index (χ0) is 19.8. The SMILES string of the molecule is O=C(NCc1ccc(C(=O)O)cc1)Nc1ccc(CCN2CCSCC2)cc1. The molecule has 148 valence electrons. The summed E-state index contributed by atoms with van der Waals surface area (Å²) in [4.78, 5) is 25.4. The van der Waals surface area contributed by atoms with Crippen molar-refractivity contribution in [1.82, 2.24) is 10.2 Å². The van der Waals surface area contributed by atoms with Gasteiger partial charge in [0.1, 0.15) is 0 Å². The number of urea groups is 1. The van der Waals surface area contributed by atoms with Gasteiger partial charge in [-0.05, 0) is 41.8 Å². The molecule has 2 aromatic carbocycles. The Hall–Kier alpha value is -2.51. The zero-order valence-corrected chi connectivity index (χ0v) is 16.5. The number of anilines is 1. The van der Waals surface area contributed by atoms with Gasteiger partial charge in [0.2, 0.25) is 0 Å². The van der Waals surface area contributed by atoms with Gasteiger partial charge in [0, 0.05) is 43.4 Å². The summed E-state index contributed by atoms with van der Waals surface area (Å²) < 4.78 is 0. The monoisotopic (exact) mass is 399 g/mol. The van der Waals surface area contributed by atoms with Gasteiger partial charge in [0.15, 0.2) is 0 Å². The predicted octanol–water partition coefficient (Wildman–Crippen LogP) is 3.30. The fraction of sp³-hybridized carbons (Fsp3) is 0.333. The molecule has 3 N–H and O–H groups in total. The van der Waals surface area contributed by atoms with Gasteiger partial charge in [-0.3, -0.25) is 0 Å². The van der Waals surface area contributed by atoms with Crippen molar-refractivity contribution in [2.24, 2.45) is 0 Å². The molecule has 0 bridgehead atoms. The third-order valence-corrected chi connectivity index (χ3v) is 5.63. The molecule has 0 saturated carbocycles. The lowest BCUT2D eigenvalue weighted by Crippen LogP contribution is -2.34. The van der Waals surface area contributed by atoms with Gasteiger partial charge in [0.05, 0.1) is 5.56 Å². The molecule has 6 nitrogen and oxygen atoms in total. The Labute approximate surface area is 169 Å². The first-order chi connectivity index (χ1) is 13.6. The van der Waals surface area contributed by atoms with E-state index in [0.29, 0.717) is 6.54 Å². The molecule has 0 aromatic heterocycles. The molecule has 0 aliphatic carbocycles. The van der Waals surface area contributed by atoms with Crippen LogP contribution in [0.1, 0.15) is 21.5 Å². The van der Waals surface area contributed by atoms with Crippen molar-refractivity contribution in [1.29, 1.82) is 0 Å². The second kappa shape index (κ2) is 10.1. The fourth-order valence-electron chi connectivity index (χ4n) is 2.99. The van der Waals surface area contributed by atoms with E-state index in [0.717, 1.165) is 24.2 Å². The molecule has 0 spiro atoms. The normalized spacial score (nSPS) is 14.4. The Balaban J connectivity index is 1.41. The predicted molar refractivity (Wildman–Crippen MR) is 113 cm³/mol. The molecule has 2 amide bonds. The van der Waals surface area contributed by atoms with Gasteiger partial charge in [-0.15, -0.1) is 0 Å². The number of hydrogen-bond acceptors (Lipinski definition) is 4. The molecule has 0 atom stereocenters. The molecule has 28 heavy (non-hydrogen) atoms. The van der Waals surface area contributed by atoms with Crippen LogP contribution < -0.4 is 10.6 Å². The van der Waals surface area contributed by atoms with E-state index in [1.54, 1.807) is 12.1 Å². The zero-order valence-electron chi connectivity index (χ0n) is 15.7. The standard InChI is InChI=1S/C21H25N3O3S/c25-20(26)18-5-1-17(2-6-18)15-22-21(27)23-19-7-3-16(4-8-19)9-10-24-11-13-28-14-12-24/h1-8H,9-15H2,(H,25,26)(H2,22,23,27). The number of benzene rings is 2. The highest BCUT2D eigenvalue weighted by Gasteiger charge is 2.10. The number of carbonyl (C=O) groups is 2. The van der Waals surface area contributed by atoms with Gasteiger partial charge in [-0.1, -0.05) is 24.3 Å². The van der Waals surface area contributed by atoms with E-state index in [1.165, 1.54) is 42.3 Å². The first-order valence-corrected chi connectivity index (χ1v) is 10.5. The molecule has 1 fully saturated rings. The highest BCUT2D eigenvalue weighted by Crippen LogP contribution is 2.13. The number of hydrogen-bond donors (Lipinski definition) is 3. The fourth-order valence-corrected chi connectivity index (χ4v) is 3.97. The van der Waals surface area contributed by atoms with Crippen LogP contribution in [0.15, 0.2) is 48.5 Å². The minimum Gasteiger partial charge on any atom is -0.478 e. The molecule has 0 radical (unpaired) electrons. The van der Waals surface area contributed by atoms with E-state index in [-0.39, 0.29) is 11.6 Å². The summed E-state index contributed by atoms with van der Waals surface area (Å²) in [6.07, 6.45) is 1.02. The van der Waals surface area contributed by atoms with Crippen molar-refractivity contribution in [3.05, 3.63) is 65.2 Å². The molecule has 1 aliphatic rings. The molecule has 0 unspecified atom stereocenters. The number of nitrogens with zero attached hydrogens (tertiary/aromatic N) is 1. The maximum Gasteiger partial charge on any atom is 0.335 e. The smallest absolute Gasteiger partial charge is 0.335 e. The van der Waals surface area contributed by atoms with Crippen molar-refractivity contribution in [2.75, 3.05) is 36.5 Å².